The molecule has 2 rings (SSSR count). The largest absolute Gasteiger partial charge is 0.289 e. The van der Waals surface area contributed by atoms with Gasteiger partial charge in [0.05, 0.1) is 0 Å². The first-order valence-electron chi connectivity index (χ1n) is 7.25. The van der Waals surface area contributed by atoms with Crippen LogP contribution < -0.4 is 0 Å². The van der Waals surface area contributed by atoms with Crippen LogP contribution in [-0.2, 0) is 0 Å². The van der Waals surface area contributed by atoms with Crippen LogP contribution in [0.15, 0.2) is 42.0 Å². The van der Waals surface area contributed by atoms with E-state index >= 15 is 0 Å². The van der Waals surface area contributed by atoms with Gasteiger partial charge in [0.1, 0.15) is 0 Å². The molecule has 1 fully saturated rings. The minimum atomic E-state index is 0.157. The van der Waals surface area contributed by atoms with Gasteiger partial charge >= 0.3 is 0 Å². The molecular weight excluding hydrogens is 232 g/mol. The van der Waals surface area contributed by atoms with Gasteiger partial charge in [-0.3, -0.25) is 4.79 Å². The Labute approximate surface area is 116 Å². The lowest BCUT2D eigenvalue weighted by atomic mass is 9.71. The van der Waals surface area contributed by atoms with Crippen molar-refractivity contribution in [3.63, 3.8) is 0 Å². The van der Waals surface area contributed by atoms with E-state index in [1.54, 1.807) is 0 Å². The van der Waals surface area contributed by atoms with Crippen molar-refractivity contribution < 1.29 is 4.79 Å². The maximum Gasteiger partial charge on any atom is 0.185 e. The van der Waals surface area contributed by atoms with E-state index in [2.05, 4.69) is 20.8 Å². The number of hydrogen-bond donors (Lipinski definition) is 0. The summed E-state index contributed by atoms with van der Waals surface area (Å²) in [5.74, 6) is 0.946. The number of benzene rings is 1. The molecule has 0 unspecified atom stereocenters. The molecule has 0 aromatic heterocycles. The van der Waals surface area contributed by atoms with E-state index in [1.165, 1.54) is 18.4 Å². The summed E-state index contributed by atoms with van der Waals surface area (Å²) >= 11 is 0. The highest BCUT2D eigenvalue weighted by molar-refractivity contribution is 6.04. The molecular formula is C18H24O. The van der Waals surface area contributed by atoms with Crippen molar-refractivity contribution in [2.45, 2.75) is 46.5 Å². The lowest BCUT2D eigenvalue weighted by Crippen LogP contribution is -2.23. The third kappa shape index (κ3) is 3.79. The smallest absolute Gasteiger partial charge is 0.185 e. The van der Waals surface area contributed by atoms with E-state index in [1.807, 2.05) is 36.4 Å². The van der Waals surface area contributed by atoms with Crippen LogP contribution in [0.4, 0.5) is 0 Å². The average Bonchev–Trinajstić information content (AvgIpc) is 2.39. The topological polar surface area (TPSA) is 17.1 Å². The summed E-state index contributed by atoms with van der Waals surface area (Å²) < 4.78 is 0. The monoisotopic (exact) mass is 256 g/mol. The molecule has 0 N–H and O–H groups in total. The fourth-order valence-corrected chi connectivity index (χ4v) is 2.87. The van der Waals surface area contributed by atoms with E-state index in [0.717, 1.165) is 24.3 Å². The van der Waals surface area contributed by atoms with Gasteiger partial charge < -0.3 is 0 Å². The summed E-state index contributed by atoms with van der Waals surface area (Å²) in [5.41, 5.74) is 2.52. The molecule has 0 heterocycles. The van der Waals surface area contributed by atoms with E-state index in [9.17, 15) is 4.79 Å². The Morgan fingerprint density at radius 3 is 2.21 bits per heavy atom. The zero-order valence-corrected chi connectivity index (χ0v) is 12.3. The van der Waals surface area contributed by atoms with Crippen LogP contribution in [0.2, 0.25) is 0 Å². The van der Waals surface area contributed by atoms with E-state index in [4.69, 9.17) is 0 Å². The lowest BCUT2D eigenvalue weighted by Gasteiger charge is -2.34. The van der Waals surface area contributed by atoms with Gasteiger partial charge in [0.2, 0.25) is 0 Å². The summed E-state index contributed by atoms with van der Waals surface area (Å²) in [7, 11) is 0. The SMILES string of the molecule is CC(C)(C)C1CCC(=CC(=O)c2ccccc2)CC1. The van der Waals surface area contributed by atoms with Crippen molar-refractivity contribution in [1.29, 1.82) is 0 Å². The number of carbonyl (C=O) groups excluding carboxylic acids is 1. The number of ketones is 1. The molecule has 0 spiro atoms. The van der Waals surface area contributed by atoms with E-state index in [0.29, 0.717) is 5.41 Å². The molecule has 1 aliphatic carbocycles. The first kappa shape index (κ1) is 14.0. The number of hydrogen-bond acceptors (Lipinski definition) is 1. The number of rotatable bonds is 2. The third-order valence-corrected chi connectivity index (χ3v) is 4.25. The van der Waals surface area contributed by atoms with Crippen LogP contribution in [0.3, 0.4) is 0 Å². The Kier molecular flexibility index (Phi) is 4.24. The molecule has 19 heavy (non-hydrogen) atoms. The van der Waals surface area contributed by atoms with Crippen molar-refractivity contribution in [2.75, 3.05) is 0 Å². The summed E-state index contributed by atoms with van der Waals surface area (Å²) in [6.07, 6.45) is 6.48. The molecule has 1 aliphatic rings. The van der Waals surface area contributed by atoms with Gasteiger partial charge in [0.25, 0.3) is 0 Å². The van der Waals surface area contributed by atoms with Gasteiger partial charge in [0.15, 0.2) is 5.78 Å². The first-order chi connectivity index (χ1) is 8.97. The fourth-order valence-electron chi connectivity index (χ4n) is 2.87. The molecule has 0 bridgehead atoms. The zero-order valence-electron chi connectivity index (χ0n) is 12.3. The Balaban J connectivity index is 1.98. The van der Waals surface area contributed by atoms with Gasteiger partial charge in [-0.15, -0.1) is 0 Å². The normalized spacial score (nSPS) is 20.2. The molecule has 0 atom stereocenters. The quantitative estimate of drug-likeness (QED) is 0.535. The molecule has 0 saturated heterocycles. The van der Waals surface area contributed by atoms with Crippen molar-refractivity contribution >= 4 is 5.78 Å². The molecule has 0 radical (unpaired) electrons. The van der Waals surface area contributed by atoms with Crippen LogP contribution >= 0.6 is 0 Å². The highest BCUT2D eigenvalue weighted by atomic mass is 16.1. The number of carbonyl (C=O) groups is 1. The molecule has 1 saturated carbocycles. The lowest BCUT2D eigenvalue weighted by molar-refractivity contribution is 0.104. The molecule has 1 aromatic rings. The van der Waals surface area contributed by atoms with E-state index < -0.39 is 0 Å². The maximum atomic E-state index is 12.1. The third-order valence-electron chi connectivity index (χ3n) is 4.25. The summed E-state index contributed by atoms with van der Waals surface area (Å²) in [6, 6.07) is 9.56. The van der Waals surface area contributed by atoms with Gasteiger partial charge in [-0.25, -0.2) is 0 Å². The average molecular weight is 256 g/mol. The highest BCUT2D eigenvalue weighted by Gasteiger charge is 2.27. The molecule has 1 heteroatoms. The second-order valence-electron chi connectivity index (χ2n) is 6.67. The van der Waals surface area contributed by atoms with Crippen molar-refractivity contribution in [3.8, 4) is 0 Å². The van der Waals surface area contributed by atoms with Crippen LogP contribution in [-0.4, -0.2) is 5.78 Å². The maximum absolute atomic E-state index is 12.1. The predicted octanol–water partition coefficient (Wildman–Crippen LogP) is 5.03. The van der Waals surface area contributed by atoms with Gasteiger partial charge in [-0.05, 0) is 43.1 Å². The molecule has 102 valence electrons. The van der Waals surface area contributed by atoms with Crippen molar-refractivity contribution in [2.24, 2.45) is 11.3 Å². The molecule has 1 nitrogen and oxygen atoms in total. The number of allylic oxidation sites excluding steroid dienone is 2. The second kappa shape index (κ2) is 5.73. The summed E-state index contributed by atoms with van der Waals surface area (Å²) in [5, 5.41) is 0. The zero-order chi connectivity index (χ0) is 13.9. The Bertz CT molecular complexity index is 452. The molecule has 0 amide bonds. The highest BCUT2D eigenvalue weighted by Crippen LogP contribution is 2.39. The predicted molar refractivity (Wildman–Crippen MR) is 80.3 cm³/mol. The van der Waals surface area contributed by atoms with Gasteiger partial charge in [0, 0.05) is 5.56 Å². The second-order valence-corrected chi connectivity index (χ2v) is 6.67. The Hall–Kier alpha value is -1.37. The van der Waals surface area contributed by atoms with Crippen LogP contribution in [0.1, 0.15) is 56.8 Å². The minimum absolute atomic E-state index is 0.157. The van der Waals surface area contributed by atoms with Gasteiger partial charge in [-0.1, -0.05) is 56.7 Å². The first-order valence-corrected chi connectivity index (χ1v) is 7.25. The molecule has 0 aliphatic heterocycles. The van der Waals surface area contributed by atoms with Crippen LogP contribution in [0, 0.1) is 11.3 Å². The van der Waals surface area contributed by atoms with Crippen molar-refractivity contribution in [3.05, 3.63) is 47.5 Å². The Morgan fingerprint density at radius 1 is 1.11 bits per heavy atom. The summed E-state index contributed by atoms with van der Waals surface area (Å²) in [6.45, 7) is 6.96. The minimum Gasteiger partial charge on any atom is -0.289 e. The van der Waals surface area contributed by atoms with Crippen LogP contribution in [0.25, 0.3) is 0 Å². The van der Waals surface area contributed by atoms with Gasteiger partial charge in [-0.2, -0.15) is 0 Å². The standard InChI is InChI=1S/C18H24O/c1-18(2,3)16-11-9-14(10-12-16)13-17(19)15-7-5-4-6-8-15/h4-8,13,16H,9-12H2,1-3H3. The van der Waals surface area contributed by atoms with Crippen molar-refractivity contribution in [1.82, 2.24) is 0 Å². The molecule has 1 aromatic carbocycles. The fraction of sp³-hybridized carbons (Fsp3) is 0.500. The summed E-state index contributed by atoms with van der Waals surface area (Å²) in [4.78, 5) is 12.1. The Morgan fingerprint density at radius 2 is 1.68 bits per heavy atom. The van der Waals surface area contributed by atoms with Crippen LogP contribution in [0.5, 0.6) is 0 Å². The van der Waals surface area contributed by atoms with E-state index in [-0.39, 0.29) is 5.78 Å².